The van der Waals surface area contributed by atoms with E-state index in [2.05, 4.69) is 27.4 Å². The molecule has 142 valence electrons. The molecule has 2 fully saturated rings. The first-order valence-electron chi connectivity index (χ1n) is 9.85. The van der Waals surface area contributed by atoms with Gasteiger partial charge in [0.25, 0.3) is 0 Å². The fraction of sp³-hybridized carbons (Fsp3) is 0.609. The van der Waals surface area contributed by atoms with Crippen LogP contribution < -0.4 is 4.74 Å². The number of carbonyl (C=O) groups is 1. The van der Waals surface area contributed by atoms with E-state index < -0.39 is 0 Å². The molecule has 0 aromatic heterocycles. The van der Waals surface area contributed by atoms with Crippen molar-refractivity contribution in [1.29, 1.82) is 0 Å². The van der Waals surface area contributed by atoms with Crippen LogP contribution in [0.4, 0.5) is 0 Å². The van der Waals surface area contributed by atoms with Crippen LogP contribution in [0.25, 0.3) is 0 Å². The van der Waals surface area contributed by atoms with E-state index in [-0.39, 0.29) is 22.5 Å². The molecule has 3 heteroatoms. The van der Waals surface area contributed by atoms with Crippen LogP contribution >= 0.6 is 0 Å². The summed E-state index contributed by atoms with van der Waals surface area (Å²) in [7, 11) is 0. The Labute approximate surface area is 157 Å². The van der Waals surface area contributed by atoms with Crippen LogP contribution in [0.5, 0.6) is 11.5 Å². The first-order valence-corrected chi connectivity index (χ1v) is 9.85. The molecule has 2 aliphatic carbocycles. The Balaban J connectivity index is 1.96. The quantitative estimate of drug-likeness (QED) is 0.432. The van der Waals surface area contributed by atoms with Crippen LogP contribution in [0.1, 0.15) is 65.4 Å². The van der Waals surface area contributed by atoms with Crippen molar-refractivity contribution in [2.24, 2.45) is 22.7 Å². The summed E-state index contributed by atoms with van der Waals surface area (Å²) in [6, 6.07) is 5.13. The Morgan fingerprint density at radius 3 is 2.77 bits per heavy atom. The average Bonchev–Trinajstić information content (AvgIpc) is 2.56. The van der Waals surface area contributed by atoms with Gasteiger partial charge in [-0.15, -0.1) is 0 Å². The fourth-order valence-corrected chi connectivity index (χ4v) is 5.61. The first-order chi connectivity index (χ1) is 12.2. The van der Waals surface area contributed by atoms with Gasteiger partial charge in [-0.05, 0) is 85.0 Å². The summed E-state index contributed by atoms with van der Waals surface area (Å²) in [6.45, 7) is 13.0. The van der Waals surface area contributed by atoms with Gasteiger partial charge in [-0.3, -0.25) is 4.79 Å². The lowest BCUT2D eigenvalue weighted by atomic mass is 9.46. The van der Waals surface area contributed by atoms with Crippen molar-refractivity contribution >= 4 is 5.97 Å². The SMILES string of the molecule is C=C1CCCC2C1(C)CCC(C)C2(C)Cc1cc(OC(C)=O)ccc1O. The fourth-order valence-electron chi connectivity index (χ4n) is 5.61. The Morgan fingerprint density at radius 1 is 1.35 bits per heavy atom. The molecule has 4 atom stereocenters. The highest BCUT2D eigenvalue weighted by Gasteiger charge is 2.53. The van der Waals surface area contributed by atoms with E-state index in [0.717, 1.165) is 18.4 Å². The van der Waals surface area contributed by atoms with Crippen molar-refractivity contribution in [1.82, 2.24) is 0 Å². The zero-order valence-corrected chi connectivity index (χ0v) is 16.6. The minimum Gasteiger partial charge on any atom is -0.508 e. The number of aromatic hydroxyl groups is 1. The highest BCUT2D eigenvalue weighted by molar-refractivity contribution is 5.69. The van der Waals surface area contributed by atoms with Gasteiger partial charge in [0.15, 0.2) is 0 Å². The number of phenols is 1. The molecule has 1 aromatic rings. The molecule has 1 aromatic carbocycles. The van der Waals surface area contributed by atoms with Crippen LogP contribution in [0.2, 0.25) is 0 Å². The predicted molar refractivity (Wildman–Crippen MR) is 104 cm³/mol. The van der Waals surface area contributed by atoms with Gasteiger partial charge in [-0.2, -0.15) is 0 Å². The number of carbonyl (C=O) groups excluding carboxylic acids is 1. The molecule has 0 spiro atoms. The smallest absolute Gasteiger partial charge is 0.308 e. The molecule has 2 saturated carbocycles. The number of fused-ring (bicyclic) bond motifs is 1. The third-order valence-electron chi connectivity index (χ3n) is 7.45. The molecule has 2 aliphatic rings. The second-order valence-electron chi connectivity index (χ2n) is 8.97. The van der Waals surface area contributed by atoms with Gasteiger partial charge in [0.2, 0.25) is 0 Å². The molecule has 3 nitrogen and oxygen atoms in total. The number of benzene rings is 1. The second kappa shape index (κ2) is 6.75. The van der Waals surface area contributed by atoms with E-state index in [0.29, 0.717) is 17.6 Å². The van der Waals surface area contributed by atoms with Crippen molar-refractivity contribution in [3.63, 3.8) is 0 Å². The molecule has 3 rings (SSSR count). The van der Waals surface area contributed by atoms with Gasteiger partial charge in [0.05, 0.1) is 0 Å². The molecule has 0 saturated heterocycles. The van der Waals surface area contributed by atoms with E-state index in [1.807, 2.05) is 6.07 Å². The van der Waals surface area contributed by atoms with Crippen LogP contribution in [-0.2, 0) is 11.2 Å². The Kier molecular flexibility index (Phi) is 4.94. The monoisotopic (exact) mass is 356 g/mol. The van der Waals surface area contributed by atoms with Gasteiger partial charge in [-0.25, -0.2) is 0 Å². The molecule has 0 amide bonds. The van der Waals surface area contributed by atoms with Crippen LogP contribution in [0, 0.1) is 22.7 Å². The first kappa shape index (κ1) is 19.0. The third kappa shape index (κ3) is 3.17. The van der Waals surface area contributed by atoms with Gasteiger partial charge in [0.1, 0.15) is 11.5 Å². The lowest BCUT2D eigenvalue weighted by Crippen LogP contribution is -2.51. The van der Waals surface area contributed by atoms with Gasteiger partial charge in [0, 0.05) is 6.92 Å². The lowest BCUT2D eigenvalue weighted by Gasteiger charge is -2.58. The van der Waals surface area contributed by atoms with Crippen LogP contribution in [0.15, 0.2) is 30.4 Å². The normalized spacial score (nSPS) is 34.2. The highest BCUT2D eigenvalue weighted by Crippen LogP contribution is 2.62. The van der Waals surface area contributed by atoms with E-state index in [1.165, 1.54) is 38.2 Å². The highest BCUT2D eigenvalue weighted by atomic mass is 16.5. The number of hydrogen-bond acceptors (Lipinski definition) is 3. The molecule has 0 heterocycles. The topological polar surface area (TPSA) is 46.5 Å². The Hall–Kier alpha value is -1.77. The average molecular weight is 357 g/mol. The molecular weight excluding hydrogens is 324 g/mol. The molecule has 4 unspecified atom stereocenters. The number of hydrogen-bond donors (Lipinski definition) is 1. The van der Waals surface area contributed by atoms with Crippen molar-refractivity contribution in [2.45, 2.75) is 66.2 Å². The van der Waals surface area contributed by atoms with E-state index in [1.54, 1.807) is 12.1 Å². The maximum absolute atomic E-state index is 11.3. The van der Waals surface area contributed by atoms with Crippen molar-refractivity contribution < 1.29 is 14.6 Å². The zero-order chi connectivity index (χ0) is 19.1. The summed E-state index contributed by atoms with van der Waals surface area (Å²) >= 11 is 0. The maximum Gasteiger partial charge on any atom is 0.308 e. The van der Waals surface area contributed by atoms with Crippen molar-refractivity contribution in [2.75, 3.05) is 0 Å². The largest absolute Gasteiger partial charge is 0.508 e. The second-order valence-corrected chi connectivity index (χ2v) is 8.97. The minimum atomic E-state index is -0.338. The van der Waals surface area contributed by atoms with E-state index >= 15 is 0 Å². The number of phenolic OH excluding ortho intramolecular Hbond substituents is 1. The lowest BCUT2D eigenvalue weighted by molar-refractivity contribution is -0.131. The summed E-state index contributed by atoms with van der Waals surface area (Å²) in [6.07, 6.45) is 6.77. The van der Waals surface area contributed by atoms with Crippen molar-refractivity contribution in [3.8, 4) is 11.5 Å². The van der Waals surface area contributed by atoms with Gasteiger partial charge in [-0.1, -0.05) is 32.9 Å². The maximum atomic E-state index is 11.3. The van der Waals surface area contributed by atoms with Gasteiger partial charge < -0.3 is 9.84 Å². The standard InChI is InChI=1S/C23H32O3/c1-15-7-6-8-21-22(15,4)12-11-16(2)23(21,5)14-18-13-19(26-17(3)24)9-10-20(18)25/h9-10,13,16,21,25H,1,6-8,11-12,14H2,2-5H3. The van der Waals surface area contributed by atoms with E-state index in [9.17, 15) is 9.90 Å². The molecule has 0 bridgehead atoms. The van der Waals surface area contributed by atoms with E-state index in [4.69, 9.17) is 4.74 Å². The minimum absolute atomic E-state index is 0.0860. The number of ether oxygens (including phenoxy) is 1. The number of allylic oxidation sites excluding steroid dienone is 1. The summed E-state index contributed by atoms with van der Waals surface area (Å²) in [5.41, 5.74) is 2.56. The third-order valence-corrected chi connectivity index (χ3v) is 7.45. The summed E-state index contributed by atoms with van der Waals surface area (Å²) < 4.78 is 5.24. The Morgan fingerprint density at radius 2 is 2.08 bits per heavy atom. The van der Waals surface area contributed by atoms with Crippen LogP contribution in [-0.4, -0.2) is 11.1 Å². The molecule has 0 radical (unpaired) electrons. The molecule has 0 aliphatic heterocycles. The summed E-state index contributed by atoms with van der Waals surface area (Å²) in [5, 5.41) is 10.5. The summed E-state index contributed by atoms with van der Waals surface area (Å²) in [5.74, 6) is 1.60. The van der Waals surface area contributed by atoms with Crippen LogP contribution in [0.3, 0.4) is 0 Å². The number of rotatable bonds is 3. The predicted octanol–water partition coefficient (Wildman–Crippen LogP) is 5.66. The molecular formula is C23H32O3. The molecule has 1 N–H and O–H groups in total. The zero-order valence-electron chi connectivity index (χ0n) is 16.6. The van der Waals surface area contributed by atoms with Crippen molar-refractivity contribution in [3.05, 3.63) is 35.9 Å². The Bertz CT molecular complexity index is 722. The van der Waals surface area contributed by atoms with Gasteiger partial charge >= 0.3 is 5.97 Å². The number of esters is 1. The summed E-state index contributed by atoms with van der Waals surface area (Å²) in [4.78, 5) is 11.3. The molecule has 26 heavy (non-hydrogen) atoms.